The number of anilines is 1. The average molecular weight is 493 g/mol. The third-order valence-corrected chi connectivity index (χ3v) is 6.23. The van der Waals surface area contributed by atoms with Crippen LogP contribution in [-0.4, -0.2) is 49.9 Å². The van der Waals surface area contributed by atoms with Crippen LogP contribution < -0.4 is 23.8 Å². The summed E-state index contributed by atoms with van der Waals surface area (Å²) in [6, 6.07) is 19.2. The minimum Gasteiger partial charge on any atom is -0.486 e. The van der Waals surface area contributed by atoms with Crippen LogP contribution in [0.2, 0.25) is 0 Å². The Kier molecular flexibility index (Phi) is 5.17. The molecule has 0 fully saturated rings. The Balaban J connectivity index is 1.31. The van der Waals surface area contributed by atoms with E-state index in [2.05, 4.69) is 9.47 Å². The molecule has 3 aromatic rings. The van der Waals surface area contributed by atoms with E-state index in [9.17, 15) is 13.6 Å². The summed E-state index contributed by atoms with van der Waals surface area (Å²) in [5, 5.41) is 6.07. The van der Waals surface area contributed by atoms with Crippen molar-refractivity contribution in [3.8, 4) is 23.0 Å². The number of amides is 2. The number of carbonyl (C=O) groups is 1. The molecule has 3 aliphatic rings. The van der Waals surface area contributed by atoms with Gasteiger partial charge in [0.2, 0.25) is 0 Å². The van der Waals surface area contributed by atoms with Crippen LogP contribution in [0, 0.1) is 0 Å². The third-order valence-electron chi connectivity index (χ3n) is 6.23. The number of benzene rings is 3. The van der Waals surface area contributed by atoms with Gasteiger partial charge in [0.25, 0.3) is 0 Å². The van der Waals surface area contributed by atoms with Crippen LogP contribution in [-0.2, 0) is 0 Å². The number of alkyl halides is 2. The van der Waals surface area contributed by atoms with E-state index in [1.807, 2.05) is 48.5 Å². The first kappa shape index (κ1) is 22.1. The number of rotatable bonds is 3. The molecule has 0 saturated heterocycles. The SMILES string of the molecule is CN(C(=O)N1CC(c2ccccc2)C(c2ccc3c(c2)OCCO3)=N1)c1ccc2c(c1)OC(F)(F)O2. The molecule has 0 spiro atoms. The van der Waals surface area contributed by atoms with Crippen LogP contribution in [0.25, 0.3) is 0 Å². The Morgan fingerprint density at radius 1 is 0.944 bits per heavy atom. The maximum atomic E-state index is 13.4. The number of urea groups is 1. The topological polar surface area (TPSA) is 72.8 Å². The van der Waals surface area contributed by atoms with Gasteiger partial charge in [0.1, 0.15) is 13.2 Å². The molecule has 2 amide bonds. The van der Waals surface area contributed by atoms with Crippen molar-refractivity contribution >= 4 is 17.4 Å². The highest BCUT2D eigenvalue weighted by Crippen LogP contribution is 2.43. The summed E-state index contributed by atoms with van der Waals surface area (Å²) in [6.45, 7) is 1.26. The predicted molar refractivity (Wildman–Crippen MR) is 126 cm³/mol. The highest BCUT2D eigenvalue weighted by Gasteiger charge is 2.44. The van der Waals surface area contributed by atoms with Gasteiger partial charge in [-0.1, -0.05) is 30.3 Å². The van der Waals surface area contributed by atoms with Gasteiger partial charge in [-0.25, -0.2) is 9.80 Å². The lowest BCUT2D eigenvalue weighted by molar-refractivity contribution is -0.286. The van der Waals surface area contributed by atoms with E-state index in [4.69, 9.17) is 14.6 Å². The van der Waals surface area contributed by atoms with Gasteiger partial charge in [-0.15, -0.1) is 8.78 Å². The second-order valence-electron chi connectivity index (χ2n) is 8.53. The Morgan fingerprint density at radius 3 is 2.47 bits per heavy atom. The second kappa shape index (κ2) is 8.40. The summed E-state index contributed by atoms with van der Waals surface area (Å²) < 4.78 is 47.2. The average Bonchev–Trinajstić information content (AvgIpc) is 3.47. The molecule has 3 aromatic carbocycles. The van der Waals surface area contributed by atoms with Crippen LogP contribution in [0.3, 0.4) is 0 Å². The Hall–Kier alpha value is -4.34. The molecule has 0 N–H and O–H groups in total. The molecular formula is C26H21F2N3O5. The van der Waals surface area contributed by atoms with Crippen LogP contribution in [0.15, 0.2) is 71.8 Å². The van der Waals surface area contributed by atoms with Crippen LogP contribution in [0.4, 0.5) is 19.3 Å². The largest absolute Gasteiger partial charge is 0.586 e. The number of hydrogen-bond donors (Lipinski definition) is 0. The van der Waals surface area contributed by atoms with E-state index in [1.165, 1.54) is 28.1 Å². The van der Waals surface area contributed by atoms with Crippen molar-refractivity contribution in [2.45, 2.75) is 12.2 Å². The zero-order valence-electron chi connectivity index (χ0n) is 19.2. The molecule has 0 aliphatic carbocycles. The van der Waals surface area contributed by atoms with Gasteiger partial charge in [0.15, 0.2) is 23.0 Å². The fourth-order valence-corrected chi connectivity index (χ4v) is 4.46. The number of halogens is 2. The van der Waals surface area contributed by atoms with E-state index in [0.717, 1.165) is 11.1 Å². The van der Waals surface area contributed by atoms with Gasteiger partial charge in [-0.3, -0.25) is 4.90 Å². The summed E-state index contributed by atoms with van der Waals surface area (Å²) >= 11 is 0. The van der Waals surface area contributed by atoms with E-state index in [0.29, 0.717) is 42.7 Å². The number of hydrogen-bond acceptors (Lipinski definition) is 6. The molecule has 0 bridgehead atoms. The molecule has 3 heterocycles. The zero-order valence-corrected chi connectivity index (χ0v) is 19.2. The summed E-state index contributed by atoms with van der Waals surface area (Å²) in [5.74, 6) is 0.893. The van der Waals surface area contributed by atoms with Crippen molar-refractivity contribution in [1.29, 1.82) is 0 Å². The van der Waals surface area contributed by atoms with Crippen molar-refractivity contribution in [3.05, 3.63) is 77.9 Å². The Morgan fingerprint density at radius 2 is 1.67 bits per heavy atom. The Labute approximate surface area is 205 Å². The monoisotopic (exact) mass is 493 g/mol. The molecule has 10 heteroatoms. The lowest BCUT2D eigenvalue weighted by Crippen LogP contribution is -2.37. The summed E-state index contributed by atoms with van der Waals surface area (Å²) in [6.07, 6.45) is -3.73. The van der Waals surface area contributed by atoms with E-state index in [1.54, 1.807) is 7.05 Å². The minimum absolute atomic E-state index is 0.0890. The fraction of sp³-hybridized carbons (Fsp3) is 0.231. The number of hydrazone groups is 1. The number of fused-ring (bicyclic) bond motifs is 2. The molecule has 6 rings (SSSR count). The van der Waals surface area contributed by atoms with E-state index in [-0.39, 0.29) is 17.4 Å². The first-order chi connectivity index (χ1) is 17.4. The second-order valence-corrected chi connectivity index (χ2v) is 8.53. The summed E-state index contributed by atoms with van der Waals surface area (Å²) in [4.78, 5) is 14.8. The standard InChI is InChI=1S/C26H21F2N3O5/c1-30(18-8-10-21-23(14-18)36-26(27,28)35-21)25(32)31-15-19(16-5-3-2-4-6-16)24(29-31)17-7-9-20-22(13-17)34-12-11-33-20/h2-10,13-14,19H,11-12,15H2,1H3. The smallest absolute Gasteiger partial charge is 0.486 e. The van der Waals surface area contributed by atoms with Gasteiger partial charge in [-0.2, -0.15) is 5.10 Å². The van der Waals surface area contributed by atoms with E-state index < -0.39 is 12.3 Å². The minimum atomic E-state index is -3.73. The third kappa shape index (κ3) is 3.94. The normalized spacial score (nSPS) is 19.1. The van der Waals surface area contributed by atoms with Crippen molar-refractivity contribution < 1.29 is 32.5 Å². The van der Waals surface area contributed by atoms with Gasteiger partial charge < -0.3 is 18.9 Å². The number of ether oxygens (including phenoxy) is 4. The lowest BCUT2D eigenvalue weighted by atomic mass is 9.90. The van der Waals surface area contributed by atoms with Gasteiger partial charge >= 0.3 is 12.3 Å². The molecule has 0 saturated carbocycles. The molecular weight excluding hydrogens is 472 g/mol. The number of carbonyl (C=O) groups excluding carboxylic acids is 1. The maximum Gasteiger partial charge on any atom is 0.586 e. The van der Waals surface area contributed by atoms with Crippen LogP contribution >= 0.6 is 0 Å². The molecule has 36 heavy (non-hydrogen) atoms. The molecule has 3 aliphatic heterocycles. The first-order valence-electron chi connectivity index (χ1n) is 11.4. The highest BCUT2D eigenvalue weighted by atomic mass is 19.3. The van der Waals surface area contributed by atoms with Crippen molar-refractivity contribution in [2.75, 3.05) is 31.7 Å². The van der Waals surface area contributed by atoms with Gasteiger partial charge in [-0.05, 0) is 35.9 Å². The van der Waals surface area contributed by atoms with Crippen molar-refractivity contribution in [3.63, 3.8) is 0 Å². The van der Waals surface area contributed by atoms with Crippen LogP contribution in [0.1, 0.15) is 17.0 Å². The quantitative estimate of drug-likeness (QED) is 0.522. The van der Waals surface area contributed by atoms with E-state index >= 15 is 0 Å². The predicted octanol–water partition coefficient (Wildman–Crippen LogP) is 4.84. The molecule has 1 atom stereocenters. The van der Waals surface area contributed by atoms with Gasteiger partial charge in [0, 0.05) is 30.3 Å². The molecule has 8 nitrogen and oxygen atoms in total. The first-order valence-corrected chi connectivity index (χ1v) is 11.4. The lowest BCUT2D eigenvalue weighted by Gasteiger charge is -2.23. The Bertz CT molecular complexity index is 1360. The maximum absolute atomic E-state index is 13.4. The molecule has 1 unspecified atom stereocenters. The van der Waals surface area contributed by atoms with Crippen molar-refractivity contribution in [2.24, 2.45) is 5.10 Å². The van der Waals surface area contributed by atoms with Crippen molar-refractivity contribution in [1.82, 2.24) is 5.01 Å². The zero-order chi connectivity index (χ0) is 24.9. The molecule has 0 aromatic heterocycles. The summed E-state index contributed by atoms with van der Waals surface area (Å²) in [5.41, 5.74) is 2.90. The fourth-order valence-electron chi connectivity index (χ4n) is 4.46. The summed E-state index contributed by atoms with van der Waals surface area (Å²) in [7, 11) is 1.55. The van der Waals surface area contributed by atoms with Crippen LogP contribution in [0.5, 0.6) is 23.0 Å². The molecule has 0 radical (unpaired) electrons. The highest BCUT2D eigenvalue weighted by molar-refractivity contribution is 6.08. The number of nitrogens with zero attached hydrogens (tertiary/aromatic N) is 3. The molecule has 184 valence electrons. The van der Waals surface area contributed by atoms with Gasteiger partial charge in [0.05, 0.1) is 12.3 Å².